The van der Waals surface area contributed by atoms with Gasteiger partial charge in [0.15, 0.2) is 0 Å². The van der Waals surface area contributed by atoms with Gasteiger partial charge in [-0.15, -0.1) is 0 Å². The molecular weight excluding hydrogens is 434 g/mol. The van der Waals surface area contributed by atoms with Crippen LogP contribution < -0.4 is 20.6 Å². The first-order valence-electron chi connectivity index (χ1n) is 10.3. The summed E-state index contributed by atoms with van der Waals surface area (Å²) in [4.78, 5) is 25.5. The lowest BCUT2D eigenvalue weighted by molar-refractivity contribution is 0.296. The summed E-state index contributed by atoms with van der Waals surface area (Å²) in [5, 5.41) is 0. The summed E-state index contributed by atoms with van der Waals surface area (Å²) in [6.45, 7) is 4.69. The van der Waals surface area contributed by atoms with Gasteiger partial charge >= 0.3 is 11.1 Å². The Balaban J connectivity index is 1.99. The van der Waals surface area contributed by atoms with E-state index >= 15 is 0 Å². The fourth-order valence-corrected chi connectivity index (χ4v) is 4.28. The van der Waals surface area contributed by atoms with Crippen molar-refractivity contribution < 1.29 is 17.9 Å². The van der Waals surface area contributed by atoms with E-state index in [9.17, 15) is 18.0 Å². The Morgan fingerprint density at radius 1 is 0.844 bits per heavy atom. The molecule has 0 spiro atoms. The van der Waals surface area contributed by atoms with E-state index in [0.717, 1.165) is 10.1 Å². The van der Waals surface area contributed by atoms with E-state index in [1.807, 2.05) is 6.92 Å². The predicted molar refractivity (Wildman–Crippen MR) is 122 cm³/mol. The molecule has 0 bridgehead atoms. The van der Waals surface area contributed by atoms with E-state index in [4.69, 9.17) is 9.47 Å². The van der Waals surface area contributed by atoms with Crippen molar-refractivity contribution in [3.63, 3.8) is 0 Å². The minimum Gasteiger partial charge on any atom is -0.494 e. The van der Waals surface area contributed by atoms with Gasteiger partial charge in [-0.2, -0.15) is 0 Å². The highest BCUT2D eigenvalue weighted by Crippen LogP contribution is 2.20. The van der Waals surface area contributed by atoms with Crippen LogP contribution in [0.5, 0.6) is 11.5 Å². The molecule has 0 aliphatic carbocycles. The molecule has 3 aromatic rings. The van der Waals surface area contributed by atoms with Crippen molar-refractivity contribution in [1.29, 1.82) is 0 Å². The van der Waals surface area contributed by atoms with Crippen molar-refractivity contribution in [2.75, 3.05) is 27.3 Å². The molecule has 9 nitrogen and oxygen atoms in total. The molecule has 0 aliphatic rings. The number of aromatic nitrogens is 2. The number of ether oxygens (including phenoxy) is 2. The summed E-state index contributed by atoms with van der Waals surface area (Å²) in [5.41, 5.74) is -0.552. The van der Waals surface area contributed by atoms with Gasteiger partial charge in [0.05, 0.1) is 29.1 Å². The van der Waals surface area contributed by atoms with Gasteiger partial charge in [0.25, 0.3) is 0 Å². The minimum atomic E-state index is -3.71. The third-order valence-electron chi connectivity index (χ3n) is 5.01. The van der Waals surface area contributed by atoms with Crippen LogP contribution in [0.1, 0.15) is 13.8 Å². The van der Waals surface area contributed by atoms with Crippen molar-refractivity contribution in [3.05, 3.63) is 63.2 Å². The number of hydrogen-bond acceptors (Lipinski definition) is 6. The Hall–Kier alpha value is -3.11. The number of hydrogen-bond donors (Lipinski definition) is 0. The van der Waals surface area contributed by atoms with E-state index in [-0.39, 0.29) is 24.6 Å². The third-order valence-corrected chi connectivity index (χ3v) is 6.83. The van der Waals surface area contributed by atoms with Crippen molar-refractivity contribution in [2.45, 2.75) is 31.8 Å². The van der Waals surface area contributed by atoms with Gasteiger partial charge in [-0.25, -0.2) is 12.7 Å². The van der Waals surface area contributed by atoms with E-state index in [1.165, 1.54) is 35.4 Å². The molecule has 1 aromatic heterocycles. The Morgan fingerprint density at radius 3 is 2.00 bits per heavy atom. The topological polar surface area (TPSA) is 99.8 Å². The van der Waals surface area contributed by atoms with Crippen LogP contribution >= 0.6 is 0 Å². The average Bonchev–Trinajstić information content (AvgIpc) is 2.77. The summed E-state index contributed by atoms with van der Waals surface area (Å²) in [6, 6.07) is 11.5. The smallest absolute Gasteiger partial charge is 0.317 e. The van der Waals surface area contributed by atoms with Crippen LogP contribution in [0.4, 0.5) is 0 Å². The van der Waals surface area contributed by atoms with Crippen LogP contribution in [-0.4, -0.2) is 49.2 Å². The molecule has 0 amide bonds. The zero-order chi connectivity index (χ0) is 23.5. The molecule has 2 aromatic carbocycles. The molecule has 0 saturated heterocycles. The quantitative estimate of drug-likeness (QED) is 0.452. The lowest BCUT2D eigenvalue weighted by Crippen LogP contribution is -2.42. The number of aryl methyl sites for hydroxylation is 1. The highest BCUT2D eigenvalue weighted by Gasteiger charge is 2.20. The van der Waals surface area contributed by atoms with Gasteiger partial charge in [-0.05, 0) is 56.3 Å². The SMILES string of the molecule is CCOc1ccc(OCCn2c(=O)c(=O)n(CC)c3ccc(S(=O)(=O)N(C)C)cc32)cc1. The van der Waals surface area contributed by atoms with Gasteiger partial charge in [-0.1, -0.05) is 0 Å². The molecule has 32 heavy (non-hydrogen) atoms. The molecule has 1 heterocycles. The molecule has 0 radical (unpaired) electrons. The Bertz CT molecular complexity index is 1320. The fourth-order valence-electron chi connectivity index (χ4n) is 3.36. The summed E-state index contributed by atoms with van der Waals surface area (Å²) < 4.78 is 40.0. The first-order valence-corrected chi connectivity index (χ1v) is 11.7. The van der Waals surface area contributed by atoms with Crippen LogP contribution in [0, 0.1) is 0 Å². The number of nitrogens with zero attached hydrogens (tertiary/aromatic N) is 3. The van der Waals surface area contributed by atoms with E-state index in [0.29, 0.717) is 23.4 Å². The molecule has 10 heteroatoms. The molecule has 0 fully saturated rings. The predicted octanol–water partition coefficient (Wildman–Crippen LogP) is 1.91. The van der Waals surface area contributed by atoms with Crippen LogP contribution in [0.3, 0.4) is 0 Å². The van der Waals surface area contributed by atoms with Crippen LogP contribution in [-0.2, 0) is 23.1 Å². The van der Waals surface area contributed by atoms with Crippen molar-refractivity contribution >= 4 is 21.1 Å². The Labute approximate surface area is 186 Å². The van der Waals surface area contributed by atoms with Crippen molar-refractivity contribution in [1.82, 2.24) is 13.4 Å². The maximum atomic E-state index is 12.8. The zero-order valence-corrected chi connectivity index (χ0v) is 19.4. The average molecular weight is 462 g/mol. The number of fused-ring (bicyclic) bond motifs is 1. The molecule has 0 unspecified atom stereocenters. The van der Waals surface area contributed by atoms with Crippen molar-refractivity contribution in [2.24, 2.45) is 0 Å². The van der Waals surface area contributed by atoms with Gasteiger partial charge < -0.3 is 14.0 Å². The maximum Gasteiger partial charge on any atom is 0.317 e. The minimum absolute atomic E-state index is 0.0388. The second-order valence-electron chi connectivity index (χ2n) is 7.20. The highest BCUT2D eigenvalue weighted by molar-refractivity contribution is 7.89. The number of benzene rings is 2. The Kier molecular flexibility index (Phi) is 7.05. The van der Waals surface area contributed by atoms with Gasteiger partial charge in [0.2, 0.25) is 10.0 Å². The molecule has 0 atom stereocenters. The second-order valence-corrected chi connectivity index (χ2v) is 9.35. The third kappa shape index (κ3) is 4.56. The standard InChI is InChI=1S/C22H27N3O6S/c1-5-24-19-12-11-18(32(28,29)23(3)4)15-20(19)25(22(27)21(24)26)13-14-31-17-9-7-16(8-10-17)30-6-2/h7-12,15H,5-6,13-14H2,1-4H3. The fraction of sp³-hybridized carbons (Fsp3) is 0.364. The summed E-state index contributed by atoms with van der Waals surface area (Å²) in [7, 11) is -0.843. The molecule has 3 rings (SSSR count). The monoisotopic (exact) mass is 461 g/mol. The molecule has 0 N–H and O–H groups in total. The molecular formula is C22H27N3O6S. The Morgan fingerprint density at radius 2 is 1.44 bits per heavy atom. The molecule has 0 saturated carbocycles. The highest BCUT2D eigenvalue weighted by atomic mass is 32.2. The van der Waals surface area contributed by atoms with Gasteiger partial charge in [0, 0.05) is 20.6 Å². The van der Waals surface area contributed by atoms with Gasteiger partial charge in [0.1, 0.15) is 18.1 Å². The number of sulfonamides is 1. The maximum absolute atomic E-state index is 12.8. The summed E-state index contributed by atoms with van der Waals surface area (Å²) in [5.74, 6) is 1.31. The van der Waals surface area contributed by atoms with Crippen molar-refractivity contribution in [3.8, 4) is 11.5 Å². The lowest BCUT2D eigenvalue weighted by atomic mass is 10.2. The van der Waals surface area contributed by atoms with Gasteiger partial charge in [-0.3, -0.25) is 14.2 Å². The van der Waals surface area contributed by atoms with E-state index < -0.39 is 21.1 Å². The summed E-state index contributed by atoms with van der Waals surface area (Å²) >= 11 is 0. The van der Waals surface area contributed by atoms with Crippen LogP contribution in [0.15, 0.2) is 56.9 Å². The van der Waals surface area contributed by atoms with E-state index in [1.54, 1.807) is 37.3 Å². The van der Waals surface area contributed by atoms with Crippen LogP contribution in [0.2, 0.25) is 0 Å². The number of rotatable bonds is 9. The lowest BCUT2D eigenvalue weighted by Gasteiger charge is -2.17. The molecule has 0 aliphatic heterocycles. The molecule has 172 valence electrons. The zero-order valence-electron chi connectivity index (χ0n) is 18.6. The first kappa shape index (κ1) is 23.6. The largest absolute Gasteiger partial charge is 0.494 e. The van der Waals surface area contributed by atoms with Crippen LogP contribution in [0.25, 0.3) is 11.0 Å². The second kappa shape index (κ2) is 9.58. The van der Waals surface area contributed by atoms with E-state index in [2.05, 4.69) is 0 Å². The normalized spacial score (nSPS) is 11.8. The first-order chi connectivity index (χ1) is 15.2. The summed E-state index contributed by atoms with van der Waals surface area (Å²) in [6.07, 6.45) is 0.